The largest absolute Gasteiger partial charge is 0.323 e. The number of pyridine rings is 1. The molecule has 0 saturated heterocycles. The van der Waals surface area contributed by atoms with Gasteiger partial charge in [0.1, 0.15) is 11.6 Å². The van der Waals surface area contributed by atoms with Gasteiger partial charge in [0.2, 0.25) is 0 Å². The van der Waals surface area contributed by atoms with Gasteiger partial charge < -0.3 is 10.6 Å². The Labute approximate surface area is 123 Å². The minimum absolute atomic E-state index is 0.200. The van der Waals surface area contributed by atoms with Gasteiger partial charge in [-0.1, -0.05) is 18.2 Å². The summed E-state index contributed by atoms with van der Waals surface area (Å²) in [5.41, 5.74) is 7.35. The monoisotopic (exact) mass is 291 g/mol. The number of hydrogen-bond acceptors (Lipinski definition) is 3. The topological polar surface area (TPSA) is 42.1 Å². The van der Waals surface area contributed by atoms with Gasteiger partial charge in [0.25, 0.3) is 0 Å². The average molecular weight is 291 g/mol. The second-order valence-corrected chi connectivity index (χ2v) is 5.13. The maximum Gasteiger partial charge on any atom is 0.141 e. The van der Waals surface area contributed by atoms with E-state index in [-0.39, 0.29) is 17.7 Å². The predicted molar refractivity (Wildman–Crippen MR) is 78.5 cm³/mol. The van der Waals surface area contributed by atoms with Crippen molar-refractivity contribution in [3.05, 3.63) is 65.5 Å². The second-order valence-electron chi connectivity index (χ2n) is 5.13. The number of nitrogens with zero attached hydrogens (tertiary/aromatic N) is 2. The smallest absolute Gasteiger partial charge is 0.141 e. The molecule has 21 heavy (non-hydrogen) atoms. The molecule has 0 saturated carbocycles. The van der Waals surface area contributed by atoms with Gasteiger partial charge in [-0.05, 0) is 31.7 Å². The number of nitrogens with two attached hydrogens (primary N) is 1. The van der Waals surface area contributed by atoms with E-state index >= 15 is 0 Å². The van der Waals surface area contributed by atoms with E-state index in [2.05, 4.69) is 4.98 Å². The van der Waals surface area contributed by atoms with E-state index in [4.69, 9.17) is 5.73 Å². The van der Waals surface area contributed by atoms with Gasteiger partial charge in [-0.2, -0.15) is 0 Å². The highest BCUT2D eigenvalue weighted by atomic mass is 19.1. The lowest BCUT2D eigenvalue weighted by Gasteiger charge is -2.19. The maximum atomic E-state index is 13.6. The van der Waals surface area contributed by atoms with Crippen LogP contribution in [-0.2, 0) is 6.54 Å². The van der Waals surface area contributed by atoms with Crippen molar-refractivity contribution in [3.8, 4) is 0 Å². The molecular formula is C16H19F2N3. The third kappa shape index (κ3) is 4.58. The number of halogens is 2. The van der Waals surface area contributed by atoms with Gasteiger partial charge in [-0.25, -0.2) is 8.78 Å². The zero-order valence-corrected chi connectivity index (χ0v) is 12.0. The number of rotatable bonds is 6. The van der Waals surface area contributed by atoms with Crippen LogP contribution in [0.5, 0.6) is 0 Å². The molecule has 2 rings (SSSR count). The van der Waals surface area contributed by atoms with Gasteiger partial charge >= 0.3 is 0 Å². The Bertz CT molecular complexity index is 572. The Morgan fingerprint density at radius 3 is 2.62 bits per heavy atom. The molecule has 0 aliphatic carbocycles. The summed E-state index contributed by atoms with van der Waals surface area (Å²) in [7, 11) is 1.91. The Balaban J connectivity index is 1.85. The highest BCUT2D eigenvalue weighted by Gasteiger charge is 2.10. The Morgan fingerprint density at radius 2 is 1.95 bits per heavy atom. The lowest BCUT2D eigenvalue weighted by atomic mass is 10.1. The molecule has 3 nitrogen and oxygen atoms in total. The maximum absolute atomic E-state index is 13.6. The molecule has 0 aliphatic heterocycles. The van der Waals surface area contributed by atoms with E-state index in [0.29, 0.717) is 30.8 Å². The van der Waals surface area contributed by atoms with Crippen molar-refractivity contribution >= 4 is 0 Å². The van der Waals surface area contributed by atoms with Gasteiger partial charge in [0.15, 0.2) is 0 Å². The third-order valence-corrected chi connectivity index (χ3v) is 3.35. The lowest BCUT2D eigenvalue weighted by molar-refractivity contribution is 0.306. The summed E-state index contributed by atoms with van der Waals surface area (Å²) in [6, 6.07) is 9.41. The molecule has 1 aromatic carbocycles. The highest BCUT2D eigenvalue weighted by molar-refractivity contribution is 5.17. The first-order valence-corrected chi connectivity index (χ1v) is 6.85. The molecule has 5 heteroatoms. The van der Waals surface area contributed by atoms with Gasteiger partial charge in [0.05, 0.1) is 11.9 Å². The van der Waals surface area contributed by atoms with Crippen LogP contribution < -0.4 is 5.73 Å². The molecule has 1 aromatic heterocycles. The molecule has 1 unspecified atom stereocenters. The molecule has 1 atom stereocenters. The molecule has 112 valence electrons. The van der Waals surface area contributed by atoms with Crippen LogP contribution in [-0.4, -0.2) is 23.5 Å². The van der Waals surface area contributed by atoms with E-state index < -0.39 is 0 Å². The summed E-state index contributed by atoms with van der Waals surface area (Å²) >= 11 is 0. The lowest BCUT2D eigenvalue weighted by Crippen LogP contribution is -2.24. The summed E-state index contributed by atoms with van der Waals surface area (Å²) in [5, 5.41) is 0. The zero-order valence-electron chi connectivity index (χ0n) is 12.0. The number of hydrogen-bond donors (Lipinski definition) is 1. The van der Waals surface area contributed by atoms with Crippen molar-refractivity contribution in [2.75, 3.05) is 13.6 Å². The fourth-order valence-electron chi connectivity index (χ4n) is 2.11. The van der Waals surface area contributed by atoms with Crippen LogP contribution in [0.15, 0.2) is 42.6 Å². The van der Waals surface area contributed by atoms with Crippen LogP contribution in [0.4, 0.5) is 8.78 Å². The first-order valence-electron chi connectivity index (χ1n) is 6.85. The predicted octanol–water partition coefficient (Wildman–Crippen LogP) is 2.88. The standard InChI is InChI=1S/C16H19F2N3/c1-21(11-12-4-2-3-5-14(12)18)9-8-15(19)16-7-6-13(17)10-20-16/h2-7,10,15H,8-9,11,19H2,1H3. The third-order valence-electron chi connectivity index (χ3n) is 3.35. The fraction of sp³-hybridized carbons (Fsp3) is 0.312. The van der Waals surface area contributed by atoms with Crippen LogP contribution in [0.3, 0.4) is 0 Å². The van der Waals surface area contributed by atoms with Crippen molar-refractivity contribution in [3.63, 3.8) is 0 Å². The van der Waals surface area contributed by atoms with E-state index in [0.717, 1.165) is 6.20 Å². The molecule has 2 aromatic rings. The van der Waals surface area contributed by atoms with Crippen molar-refractivity contribution in [1.29, 1.82) is 0 Å². The Hall–Kier alpha value is -1.85. The molecule has 0 bridgehead atoms. The van der Waals surface area contributed by atoms with Crippen molar-refractivity contribution in [2.24, 2.45) is 5.73 Å². The van der Waals surface area contributed by atoms with Crippen LogP contribution in [0, 0.1) is 11.6 Å². The van der Waals surface area contributed by atoms with Gasteiger partial charge in [0, 0.05) is 24.7 Å². The average Bonchev–Trinajstić information content (AvgIpc) is 2.48. The van der Waals surface area contributed by atoms with Crippen molar-refractivity contribution in [2.45, 2.75) is 19.0 Å². The normalized spacial score (nSPS) is 12.6. The zero-order chi connectivity index (χ0) is 15.2. The SMILES string of the molecule is CN(CCC(N)c1ccc(F)cn1)Cc1ccccc1F. The first-order chi connectivity index (χ1) is 10.1. The minimum Gasteiger partial charge on any atom is -0.323 e. The van der Waals surface area contributed by atoms with E-state index in [1.165, 1.54) is 12.1 Å². The summed E-state index contributed by atoms with van der Waals surface area (Å²) in [6.07, 6.45) is 1.84. The summed E-state index contributed by atoms with van der Waals surface area (Å²) < 4.78 is 26.4. The number of benzene rings is 1. The molecular weight excluding hydrogens is 272 g/mol. The van der Waals surface area contributed by atoms with Gasteiger partial charge in [-0.15, -0.1) is 0 Å². The summed E-state index contributed by atoms with van der Waals surface area (Å²) in [4.78, 5) is 5.98. The van der Waals surface area contributed by atoms with Crippen molar-refractivity contribution < 1.29 is 8.78 Å². The molecule has 0 spiro atoms. The van der Waals surface area contributed by atoms with Crippen LogP contribution in [0.1, 0.15) is 23.7 Å². The Morgan fingerprint density at radius 1 is 1.19 bits per heavy atom. The van der Waals surface area contributed by atoms with E-state index in [9.17, 15) is 8.78 Å². The molecule has 0 amide bonds. The minimum atomic E-state index is -0.373. The quantitative estimate of drug-likeness (QED) is 0.890. The van der Waals surface area contributed by atoms with Crippen LogP contribution in [0.2, 0.25) is 0 Å². The number of aromatic nitrogens is 1. The molecule has 0 radical (unpaired) electrons. The van der Waals surface area contributed by atoms with Gasteiger partial charge in [-0.3, -0.25) is 4.98 Å². The van der Waals surface area contributed by atoms with Crippen molar-refractivity contribution in [1.82, 2.24) is 9.88 Å². The van der Waals surface area contributed by atoms with Crippen LogP contribution in [0.25, 0.3) is 0 Å². The van der Waals surface area contributed by atoms with E-state index in [1.807, 2.05) is 18.0 Å². The fourth-order valence-corrected chi connectivity index (χ4v) is 2.11. The first kappa shape index (κ1) is 15.5. The highest BCUT2D eigenvalue weighted by Crippen LogP contribution is 2.14. The summed E-state index contributed by atoms with van der Waals surface area (Å²) in [5.74, 6) is -0.573. The molecule has 1 heterocycles. The van der Waals surface area contributed by atoms with E-state index in [1.54, 1.807) is 18.2 Å². The Kier molecular flexibility index (Phi) is 5.36. The van der Waals surface area contributed by atoms with Crippen LogP contribution >= 0.6 is 0 Å². The molecule has 0 aliphatic rings. The molecule has 0 fully saturated rings. The summed E-state index contributed by atoms with van der Waals surface area (Å²) in [6.45, 7) is 1.23. The second kappa shape index (κ2) is 7.24. The molecule has 2 N–H and O–H groups in total.